The minimum atomic E-state index is -4.12. The molecule has 2 aromatic rings. The highest BCUT2D eigenvalue weighted by molar-refractivity contribution is 6.03. The van der Waals surface area contributed by atoms with Gasteiger partial charge in [-0.15, -0.1) is 0 Å². The van der Waals surface area contributed by atoms with Gasteiger partial charge in [0.25, 0.3) is 5.91 Å². The number of benzene rings is 1. The maximum atomic E-state index is 12.6. The number of carbonyl (C=O) groups excluding carboxylic acids is 1. The fourth-order valence-electron chi connectivity index (χ4n) is 5.18. The van der Waals surface area contributed by atoms with Gasteiger partial charge >= 0.3 is 6.18 Å². The number of aliphatic hydroxyl groups excluding tert-OH is 1. The molecule has 0 unspecified atom stereocenters. The van der Waals surface area contributed by atoms with Crippen LogP contribution in [0.5, 0.6) is 5.75 Å². The number of hydrogen-bond donors (Lipinski definition) is 3. The lowest BCUT2D eigenvalue weighted by Crippen LogP contribution is -2.33. The van der Waals surface area contributed by atoms with Gasteiger partial charge in [-0.2, -0.15) is 13.2 Å². The molecule has 0 bridgehead atoms. The van der Waals surface area contributed by atoms with Crippen LogP contribution in [0.2, 0.25) is 0 Å². The third-order valence-electron chi connectivity index (χ3n) is 6.72. The average molecular weight is 454 g/mol. The largest absolute Gasteiger partial charge is 0.494 e. The Balaban J connectivity index is 1.27. The van der Waals surface area contributed by atoms with E-state index in [9.17, 15) is 23.1 Å². The Hall–Kier alpha value is -2.26. The SMILES string of the molecule is CC[C@@H](O)C(=O)Nc1c[nH]c2ccc(OCC[C@@H]3C[C@@H]4CN(CC(F)(F)F)C[C@@H]4C3)cc12. The van der Waals surface area contributed by atoms with Gasteiger partial charge in [0.15, 0.2) is 0 Å². The van der Waals surface area contributed by atoms with E-state index in [-0.39, 0.29) is 0 Å². The molecule has 9 heteroatoms. The van der Waals surface area contributed by atoms with Crippen LogP contribution in [-0.4, -0.2) is 59.4 Å². The molecule has 1 aliphatic carbocycles. The van der Waals surface area contributed by atoms with Crippen LogP contribution in [0.3, 0.4) is 0 Å². The summed E-state index contributed by atoms with van der Waals surface area (Å²) in [7, 11) is 0. The molecule has 1 saturated carbocycles. The number of ether oxygens (including phenoxy) is 1. The maximum Gasteiger partial charge on any atom is 0.401 e. The van der Waals surface area contributed by atoms with Crippen molar-refractivity contribution in [2.24, 2.45) is 17.8 Å². The van der Waals surface area contributed by atoms with E-state index in [4.69, 9.17) is 4.74 Å². The van der Waals surface area contributed by atoms with E-state index in [2.05, 4.69) is 10.3 Å². The molecule has 4 atom stereocenters. The molecule has 1 amide bonds. The molecule has 3 N–H and O–H groups in total. The number of aromatic nitrogens is 1. The lowest BCUT2D eigenvalue weighted by molar-refractivity contribution is -0.144. The first-order valence-electron chi connectivity index (χ1n) is 11.2. The summed E-state index contributed by atoms with van der Waals surface area (Å²) in [6.07, 6.45) is -0.329. The van der Waals surface area contributed by atoms with E-state index < -0.39 is 24.7 Å². The van der Waals surface area contributed by atoms with Crippen LogP contribution in [0.15, 0.2) is 24.4 Å². The third-order valence-corrected chi connectivity index (χ3v) is 6.72. The summed E-state index contributed by atoms with van der Waals surface area (Å²) in [5.74, 6) is 1.46. The fourth-order valence-corrected chi connectivity index (χ4v) is 5.18. The molecule has 2 heterocycles. The average Bonchev–Trinajstić information content (AvgIpc) is 3.39. The van der Waals surface area contributed by atoms with Gasteiger partial charge in [0.05, 0.1) is 18.8 Å². The Morgan fingerprint density at radius 2 is 2.03 bits per heavy atom. The number of rotatable bonds is 8. The normalized spacial score (nSPS) is 24.6. The molecule has 1 aromatic carbocycles. The van der Waals surface area contributed by atoms with E-state index in [0.29, 0.717) is 55.3 Å². The highest BCUT2D eigenvalue weighted by Crippen LogP contribution is 2.43. The summed E-state index contributed by atoms with van der Waals surface area (Å²) in [6, 6.07) is 5.60. The van der Waals surface area contributed by atoms with E-state index in [0.717, 1.165) is 30.2 Å². The van der Waals surface area contributed by atoms with Gasteiger partial charge in [-0.25, -0.2) is 0 Å². The van der Waals surface area contributed by atoms with Gasteiger partial charge in [0.1, 0.15) is 11.9 Å². The number of hydrogen-bond acceptors (Lipinski definition) is 4. The van der Waals surface area contributed by atoms with Gasteiger partial charge in [0.2, 0.25) is 0 Å². The van der Waals surface area contributed by atoms with Crippen molar-refractivity contribution in [3.05, 3.63) is 24.4 Å². The second kappa shape index (κ2) is 9.31. The molecule has 32 heavy (non-hydrogen) atoms. The maximum absolute atomic E-state index is 12.6. The predicted molar refractivity (Wildman–Crippen MR) is 116 cm³/mol. The molecule has 1 aromatic heterocycles. The Morgan fingerprint density at radius 3 is 2.69 bits per heavy atom. The fraction of sp³-hybridized carbons (Fsp3) is 0.609. The number of fused-ring (bicyclic) bond motifs is 2. The molecule has 1 aliphatic heterocycles. The highest BCUT2D eigenvalue weighted by atomic mass is 19.4. The number of likely N-dealkylation sites (tertiary alicyclic amines) is 1. The van der Waals surface area contributed by atoms with Crippen molar-refractivity contribution in [3.63, 3.8) is 0 Å². The van der Waals surface area contributed by atoms with Crippen molar-refractivity contribution in [2.75, 3.05) is 31.6 Å². The lowest BCUT2D eigenvalue weighted by Gasteiger charge is -2.20. The number of aliphatic hydroxyl groups is 1. The van der Waals surface area contributed by atoms with Crippen molar-refractivity contribution in [1.29, 1.82) is 0 Å². The quantitative estimate of drug-likeness (QED) is 0.561. The number of carbonyl (C=O) groups is 1. The van der Waals surface area contributed by atoms with Crippen LogP contribution in [0.1, 0.15) is 32.6 Å². The van der Waals surface area contributed by atoms with E-state index in [1.54, 1.807) is 18.0 Å². The molecule has 2 fully saturated rings. The van der Waals surface area contributed by atoms with Crippen molar-refractivity contribution >= 4 is 22.5 Å². The van der Waals surface area contributed by atoms with Gasteiger partial charge in [-0.05, 0) is 61.6 Å². The Labute approximate surface area is 185 Å². The summed E-state index contributed by atoms with van der Waals surface area (Å²) in [6.45, 7) is 2.58. The van der Waals surface area contributed by atoms with E-state index in [1.807, 2.05) is 18.2 Å². The molecule has 1 saturated heterocycles. The van der Waals surface area contributed by atoms with Crippen LogP contribution in [0.4, 0.5) is 18.9 Å². The summed E-state index contributed by atoms with van der Waals surface area (Å²) in [5.41, 5.74) is 1.45. The number of nitrogens with zero attached hydrogens (tertiary/aromatic N) is 1. The number of H-pyrrole nitrogens is 1. The van der Waals surface area contributed by atoms with Crippen molar-refractivity contribution in [2.45, 2.75) is 44.9 Å². The minimum absolute atomic E-state index is 0.339. The van der Waals surface area contributed by atoms with Gasteiger partial charge < -0.3 is 20.1 Å². The first-order chi connectivity index (χ1) is 15.2. The van der Waals surface area contributed by atoms with Gasteiger partial charge in [0, 0.05) is 30.2 Å². The lowest BCUT2D eigenvalue weighted by atomic mass is 10.0. The summed E-state index contributed by atoms with van der Waals surface area (Å²) < 4.78 is 43.8. The van der Waals surface area contributed by atoms with Gasteiger partial charge in [-0.3, -0.25) is 9.69 Å². The van der Waals surface area contributed by atoms with E-state index in [1.165, 1.54) is 0 Å². The summed E-state index contributed by atoms with van der Waals surface area (Å²) >= 11 is 0. The van der Waals surface area contributed by atoms with Crippen molar-refractivity contribution in [3.8, 4) is 5.75 Å². The zero-order valence-corrected chi connectivity index (χ0v) is 18.1. The number of aromatic amines is 1. The topological polar surface area (TPSA) is 77.6 Å². The summed E-state index contributed by atoms with van der Waals surface area (Å²) in [5, 5.41) is 13.2. The van der Waals surface area contributed by atoms with Crippen molar-refractivity contribution < 1.29 is 27.8 Å². The number of amides is 1. The van der Waals surface area contributed by atoms with Crippen LogP contribution < -0.4 is 10.1 Å². The smallest absolute Gasteiger partial charge is 0.401 e. The zero-order valence-electron chi connectivity index (χ0n) is 18.1. The van der Waals surface area contributed by atoms with Crippen LogP contribution in [0.25, 0.3) is 10.9 Å². The summed E-state index contributed by atoms with van der Waals surface area (Å²) in [4.78, 5) is 16.6. The second-order valence-corrected chi connectivity index (χ2v) is 9.13. The molecule has 4 rings (SSSR count). The van der Waals surface area contributed by atoms with Crippen LogP contribution >= 0.6 is 0 Å². The molecule has 2 aliphatic rings. The minimum Gasteiger partial charge on any atom is -0.494 e. The molecule has 0 radical (unpaired) electrons. The van der Waals surface area contributed by atoms with Gasteiger partial charge in [-0.1, -0.05) is 6.92 Å². The number of halogens is 3. The Morgan fingerprint density at radius 1 is 1.31 bits per heavy atom. The highest BCUT2D eigenvalue weighted by Gasteiger charge is 2.43. The van der Waals surface area contributed by atoms with Crippen molar-refractivity contribution in [1.82, 2.24) is 9.88 Å². The first kappa shape index (κ1) is 22.9. The first-order valence-corrected chi connectivity index (χ1v) is 11.2. The zero-order chi connectivity index (χ0) is 22.9. The molecule has 0 spiro atoms. The number of nitrogens with one attached hydrogen (secondary N) is 2. The molecular formula is C23H30F3N3O3. The second-order valence-electron chi connectivity index (χ2n) is 9.13. The predicted octanol–water partition coefficient (Wildman–Crippen LogP) is 4.17. The monoisotopic (exact) mass is 453 g/mol. The standard InChI is InChI=1S/C23H30F3N3O3/c1-2-21(30)22(31)28-20-10-27-19-4-3-17(9-18(19)20)32-6-5-14-7-15-11-29(12-16(15)8-14)13-23(24,25)26/h3-4,9-10,14-16,21,27,30H,2,5-8,11-13H2,1H3,(H,28,31)/t14-,15-,16+,21-/m1/s1. The molecule has 176 valence electrons. The third kappa shape index (κ3) is 5.38. The van der Waals surface area contributed by atoms with E-state index >= 15 is 0 Å². The Kier molecular flexibility index (Phi) is 6.67. The number of anilines is 1. The molecular weight excluding hydrogens is 423 g/mol. The number of alkyl halides is 3. The van der Waals surface area contributed by atoms with Crippen LogP contribution in [-0.2, 0) is 4.79 Å². The van der Waals surface area contributed by atoms with Crippen LogP contribution in [0, 0.1) is 17.8 Å². The molecule has 6 nitrogen and oxygen atoms in total. The Bertz CT molecular complexity index is 931.